The van der Waals surface area contributed by atoms with Crippen molar-refractivity contribution in [2.45, 2.75) is 13.3 Å². The van der Waals surface area contributed by atoms with Crippen LogP contribution in [0.3, 0.4) is 0 Å². The second-order valence-electron chi connectivity index (χ2n) is 4.57. The molecule has 1 aliphatic rings. The molecule has 1 aliphatic heterocycles. The van der Waals surface area contributed by atoms with Crippen molar-refractivity contribution < 1.29 is 14.3 Å². The zero-order valence-corrected chi connectivity index (χ0v) is 11.5. The fourth-order valence-corrected chi connectivity index (χ4v) is 2.13. The molecule has 104 valence electrons. The molecule has 0 saturated carbocycles. The number of imide groups is 1. The van der Waals surface area contributed by atoms with Crippen LogP contribution in [0, 0.1) is 17.8 Å². The standard InChI is InChI=1S/C15H16N2O3/c1-10-8-14(18)17(15(10)19)12-9-11(4-3-7-16)5-6-13(12)20-2/h5-6,9-10H,7-8,16H2,1-2H3. The first kappa shape index (κ1) is 14.1. The number of anilines is 1. The molecular formula is C15H16N2O3. The lowest BCUT2D eigenvalue weighted by Crippen LogP contribution is -2.30. The number of hydrogen-bond donors (Lipinski definition) is 1. The van der Waals surface area contributed by atoms with Crippen LogP contribution >= 0.6 is 0 Å². The van der Waals surface area contributed by atoms with Gasteiger partial charge in [0.1, 0.15) is 5.75 Å². The van der Waals surface area contributed by atoms with E-state index in [9.17, 15) is 9.59 Å². The Morgan fingerprint density at radius 2 is 2.20 bits per heavy atom. The number of carbonyl (C=O) groups excluding carboxylic acids is 2. The maximum atomic E-state index is 12.1. The van der Waals surface area contributed by atoms with E-state index < -0.39 is 0 Å². The third-order valence-electron chi connectivity index (χ3n) is 3.13. The summed E-state index contributed by atoms with van der Waals surface area (Å²) in [4.78, 5) is 25.3. The lowest BCUT2D eigenvalue weighted by Gasteiger charge is -2.18. The van der Waals surface area contributed by atoms with Gasteiger partial charge in [-0.2, -0.15) is 0 Å². The van der Waals surface area contributed by atoms with Gasteiger partial charge >= 0.3 is 0 Å². The first-order valence-electron chi connectivity index (χ1n) is 6.32. The Morgan fingerprint density at radius 1 is 1.45 bits per heavy atom. The number of rotatable bonds is 2. The zero-order chi connectivity index (χ0) is 14.7. The number of nitrogens with two attached hydrogens (primary N) is 1. The first-order valence-corrected chi connectivity index (χ1v) is 6.32. The summed E-state index contributed by atoms with van der Waals surface area (Å²) in [6.45, 7) is 1.99. The molecule has 0 bridgehead atoms. The maximum Gasteiger partial charge on any atom is 0.237 e. The number of methoxy groups -OCH3 is 1. The van der Waals surface area contributed by atoms with Gasteiger partial charge in [0.2, 0.25) is 11.8 Å². The van der Waals surface area contributed by atoms with Gasteiger partial charge in [0.15, 0.2) is 0 Å². The molecule has 5 nitrogen and oxygen atoms in total. The van der Waals surface area contributed by atoms with E-state index in [0.29, 0.717) is 17.0 Å². The number of ether oxygens (including phenoxy) is 1. The van der Waals surface area contributed by atoms with Crippen LogP contribution < -0.4 is 15.4 Å². The van der Waals surface area contributed by atoms with Crippen LogP contribution in [0.4, 0.5) is 5.69 Å². The van der Waals surface area contributed by atoms with Crippen molar-refractivity contribution in [2.75, 3.05) is 18.6 Å². The molecule has 1 aromatic rings. The lowest BCUT2D eigenvalue weighted by atomic mass is 10.1. The summed E-state index contributed by atoms with van der Waals surface area (Å²) in [5, 5.41) is 0. The number of hydrogen-bond acceptors (Lipinski definition) is 4. The summed E-state index contributed by atoms with van der Waals surface area (Å²) >= 11 is 0. The third-order valence-corrected chi connectivity index (χ3v) is 3.13. The Morgan fingerprint density at radius 3 is 2.75 bits per heavy atom. The molecule has 20 heavy (non-hydrogen) atoms. The smallest absolute Gasteiger partial charge is 0.237 e. The Hall–Kier alpha value is -2.32. The van der Waals surface area contributed by atoms with E-state index in [1.807, 2.05) is 0 Å². The average molecular weight is 272 g/mol. The van der Waals surface area contributed by atoms with E-state index >= 15 is 0 Å². The highest BCUT2D eigenvalue weighted by Gasteiger charge is 2.38. The Bertz CT molecular complexity index is 613. The van der Waals surface area contributed by atoms with Crippen LogP contribution in [0.25, 0.3) is 0 Å². The van der Waals surface area contributed by atoms with Crippen LogP contribution in [0.15, 0.2) is 18.2 Å². The number of carbonyl (C=O) groups is 2. The second-order valence-corrected chi connectivity index (χ2v) is 4.57. The molecule has 0 radical (unpaired) electrons. The molecule has 0 spiro atoms. The average Bonchev–Trinajstić information content (AvgIpc) is 2.69. The highest BCUT2D eigenvalue weighted by atomic mass is 16.5. The van der Waals surface area contributed by atoms with E-state index in [2.05, 4.69) is 11.8 Å². The van der Waals surface area contributed by atoms with Crippen molar-refractivity contribution in [2.24, 2.45) is 11.7 Å². The highest BCUT2D eigenvalue weighted by Crippen LogP contribution is 2.34. The van der Waals surface area contributed by atoms with Gasteiger partial charge < -0.3 is 10.5 Å². The SMILES string of the molecule is COc1ccc(C#CCN)cc1N1C(=O)CC(C)C1=O. The molecule has 0 aliphatic carbocycles. The molecule has 1 heterocycles. The Balaban J connectivity index is 2.48. The fourth-order valence-electron chi connectivity index (χ4n) is 2.13. The molecule has 5 heteroatoms. The summed E-state index contributed by atoms with van der Waals surface area (Å²) in [5.74, 6) is 5.36. The minimum atomic E-state index is -0.300. The van der Waals surface area contributed by atoms with Crippen LogP contribution in [0.2, 0.25) is 0 Å². The summed E-state index contributed by atoms with van der Waals surface area (Å²) in [5.41, 5.74) is 6.46. The number of amides is 2. The van der Waals surface area contributed by atoms with E-state index in [1.54, 1.807) is 25.1 Å². The van der Waals surface area contributed by atoms with Gasteiger partial charge in [-0.15, -0.1) is 0 Å². The van der Waals surface area contributed by atoms with Gasteiger partial charge in [0.05, 0.1) is 19.3 Å². The zero-order valence-electron chi connectivity index (χ0n) is 11.5. The lowest BCUT2D eigenvalue weighted by molar-refractivity contribution is -0.122. The van der Waals surface area contributed by atoms with E-state index in [-0.39, 0.29) is 30.7 Å². The molecule has 1 fully saturated rings. The number of benzene rings is 1. The predicted molar refractivity (Wildman–Crippen MR) is 75.2 cm³/mol. The second kappa shape index (κ2) is 5.76. The summed E-state index contributed by atoms with van der Waals surface area (Å²) in [6.07, 6.45) is 0.223. The van der Waals surface area contributed by atoms with Gasteiger partial charge in [-0.05, 0) is 18.2 Å². The molecule has 1 aromatic carbocycles. The van der Waals surface area contributed by atoms with Gasteiger partial charge in [0.25, 0.3) is 0 Å². The molecule has 2 rings (SSSR count). The van der Waals surface area contributed by atoms with Crippen LogP contribution in [-0.2, 0) is 9.59 Å². The van der Waals surface area contributed by atoms with Crippen LogP contribution in [0.5, 0.6) is 5.75 Å². The normalized spacial score (nSPS) is 17.9. The quantitative estimate of drug-likeness (QED) is 0.641. The van der Waals surface area contributed by atoms with Gasteiger partial charge in [-0.3, -0.25) is 9.59 Å². The van der Waals surface area contributed by atoms with Crippen molar-refractivity contribution in [3.63, 3.8) is 0 Å². The largest absolute Gasteiger partial charge is 0.495 e. The molecular weight excluding hydrogens is 256 g/mol. The predicted octanol–water partition coefficient (Wildman–Crippen LogP) is 0.905. The third kappa shape index (κ3) is 2.51. The van der Waals surface area contributed by atoms with Gasteiger partial charge in [-0.1, -0.05) is 18.8 Å². The minimum absolute atomic E-state index is 0.211. The summed E-state index contributed by atoms with van der Waals surface area (Å²) < 4.78 is 5.23. The first-order chi connectivity index (χ1) is 9.58. The summed E-state index contributed by atoms with van der Waals surface area (Å²) in [6, 6.07) is 5.13. The van der Waals surface area contributed by atoms with Crippen molar-refractivity contribution in [1.29, 1.82) is 0 Å². The topological polar surface area (TPSA) is 72.6 Å². The molecule has 2 N–H and O–H groups in total. The summed E-state index contributed by atoms with van der Waals surface area (Å²) in [7, 11) is 1.50. The molecule has 2 amide bonds. The monoisotopic (exact) mass is 272 g/mol. The van der Waals surface area contributed by atoms with Gasteiger partial charge in [-0.25, -0.2) is 4.90 Å². The van der Waals surface area contributed by atoms with E-state index in [4.69, 9.17) is 10.5 Å². The fraction of sp³-hybridized carbons (Fsp3) is 0.333. The molecule has 1 saturated heterocycles. The minimum Gasteiger partial charge on any atom is -0.495 e. The van der Waals surface area contributed by atoms with Crippen LogP contribution in [-0.4, -0.2) is 25.5 Å². The molecule has 1 atom stereocenters. The maximum absolute atomic E-state index is 12.1. The van der Waals surface area contributed by atoms with Crippen molar-refractivity contribution >= 4 is 17.5 Å². The van der Waals surface area contributed by atoms with Crippen molar-refractivity contribution in [1.82, 2.24) is 0 Å². The van der Waals surface area contributed by atoms with E-state index in [1.165, 1.54) is 12.0 Å². The van der Waals surface area contributed by atoms with Gasteiger partial charge in [0, 0.05) is 17.9 Å². The number of nitrogens with zero attached hydrogens (tertiary/aromatic N) is 1. The molecule has 0 aromatic heterocycles. The highest BCUT2D eigenvalue weighted by molar-refractivity contribution is 6.21. The van der Waals surface area contributed by atoms with Crippen molar-refractivity contribution in [3.8, 4) is 17.6 Å². The Kier molecular flexibility index (Phi) is 4.06. The van der Waals surface area contributed by atoms with Crippen molar-refractivity contribution in [3.05, 3.63) is 23.8 Å². The van der Waals surface area contributed by atoms with Crippen LogP contribution in [0.1, 0.15) is 18.9 Å². The van der Waals surface area contributed by atoms with E-state index in [0.717, 1.165) is 0 Å². The molecule has 1 unspecified atom stereocenters. The Labute approximate surface area is 117 Å².